The summed E-state index contributed by atoms with van der Waals surface area (Å²) in [7, 11) is 0. The molecule has 1 aromatic carbocycles. The van der Waals surface area contributed by atoms with Gasteiger partial charge in [0.2, 0.25) is 0 Å². The maximum Gasteiger partial charge on any atom is 0.141 e. The Morgan fingerprint density at radius 3 is 2.43 bits per heavy atom. The minimum atomic E-state index is -0.406. The molecular weight excluding hydrogens is 177 g/mol. The first-order valence-electron chi connectivity index (χ1n) is 4.92. The molecule has 1 rings (SSSR count). The molecule has 0 atom stereocenters. The molecule has 0 saturated carbocycles. The highest BCUT2D eigenvalue weighted by Gasteiger charge is 2.09. The van der Waals surface area contributed by atoms with Crippen molar-refractivity contribution < 1.29 is 4.39 Å². The van der Waals surface area contributed by atoms with E-state index in [9.17, 15) is 4.39 Å². The predicted octanol–water partition coefficient (Wildman–Crippen LogP) is 3.60. The van der Waals surface area contributed by atoms with Crippen LogP contribution in [0.15, 0.2) is 18.2 Å². The molecule has 0 aliphatic rings. The molecule has 2 heteroatoms. The lowest BCUT2D eigenvalue weighted by atomic mass is 9.93. The van der Waals surface area contributed by atoms with Crippen LogP contribution in [0.3, 0.4) is 0 Å². The van der Waals surface area contributed by atoms with Crippen molar-refractivity contribution in [3.63, 3.8) is 0 Å². The van der Waals surface area contributed by atoms with Crippen molar-refractivity contribution in [2.45, 2.75) is 32.6 Å². The lowest BCUT2D eigenvalue weighted by molar-refractivity contribution is 0.603. The Bertz CT molecular complexity index is 348. The van der Waals surface area contributed by atoms with E-state index in [0.29, 0.717) is 5.92 Å². The van der Waals surface area contributed by atoms with Crippen LogP contribution in [0.5, 0.6) is 0 Å². The molecule has 0 bridgehead atoms. The number of hydrogen-bond donors (Lipinski definition) is 0. The van der Waals surface area contributed by atoms with Gasteiger partial charge in [0.1, 0.15) is 11.9 Å². The fraction of sp³-hybridized carbons (Fsp3) is 0.417. The smallest absolute Gasteiger partial charge is 0.141 e. The number of rotatable bonds is 3. The highest BCUT2D eigenvalue weighted by Crippen LogP contribution is 2.24. The molecule has 1 nitrogen and oxygen atoms in total. The average Bonchev–Trinajstić information content (AvgIpc) is 2.20. The molecule has 0 radical (unpaired) electrons. The molecule has 1 aromatic rings. The van der Waals surface area contributed by atoms with Gasteiger partial charge in [0, 0.05) is 0 Å². The number of halogens is 1. The number of nitrogens with zero attached hydrogens (tertiary/aromatic N) is 1. The van der Waals surface area contributed by atoms with Gasteiger partial charge in [0.05, 0.1) is 5.56 Å². The van der Waals surface area contributed by atoms with Crippen molar-refractivity contribution in [3.05, 3.63) is 35.1 Å². The Morgan fingerprint density at radius 1 is 1.36 bits per heavy atom. The summed E-state index contributed by atoms with van der Waals surface area (Å²) in [5, 5.41) is 8.57. The SMILES string of the molecule is CCC(CC)c1ccc(C#N)c(F)c1. The maximum absolute atomic E-state index is 13.3. The minimum Gasteiger partial charge on any atom is -0.206 e. The molecule has 0 aliphatic carbocycles. The standard InChI is InChI=1S/C12H14FN/c1-3-9(4-2)10-5-6-11(8-14)12(13)7-10/h5-7,9H,3-4H2,1-2H3. The van der Waals surface area contributed by atoms with Gasteiger partial charge in [-0.2, -0.15) is 5.26 Å². The van der Waals surface area contributed by atoms with Crippen LogP contribution in [-0.4, -0.2) is 0 Å². The predicted molar refractivity (Wildman–Crippen MR) is 54.4 cm³/mol. The average molecular weight is 191 g/mol. The third-order valence-electron chi connectivity index (χ3n) is 2.57. The summed E-state index contributed by atoms with van der Waals surface area (Å²) in [6, 6.07) is 6.71. The summed E-state index contributed by atoms with van der Waals surface area (Å²) in [5.74, 6) is -0.00542. The fourth-order valence-corrected chi connectivity index (χ4v) is 1.64. The maximum atomic E-state index is 13.3. The molecule has 14 heavy (non-hydrogen) atoms. The molecule has 0 saturated heterocycles. The zero-order chi connectivity index (χ0) is 10.6. The second kappa shape index (κ2) is 4.76. The van der Waals surface area contributed by atoms with Crippen LogP contribution < -0.4 is 0 Å². The summed E-state index contributed by atoms with van der Waals surface area (Å²) < 4.78 is 13.3. The van der Waals surface area contributed by atoms with Crippen LogP contribution in [-0.2, 0) is 0 Å². The van der Waals surface area contributed by atoms with E-state index in [-0.39, 0.29) is 5.56 Å². The highest BCUT2D eigenvalue weighted by atomic mass is 19.1. The third kappa shape index (κ3) is 2.11. The van der Waals surface area contributed by atoms with Gasteiger partial charge in [-0.3, -0.25) is 0 Å². The molecule has 0 N–H and O–H groups in total. The molecule has 0 unspecified atom stereocenters. The van der Waals surface area contributed by atoms with Crippen molar-refractivity contribution >= 4 is 0 Å². The molecule has 0 fully saturated rings. The topological polar surface area (TPSA) is 23.8 Å². The van der Waals surface area contributed by atoms with E-state index in [2.05, 4.69) is 13.8 Å². The molecular formula is C12H14FN. The van der Waals surface area contributed by atoms with Gasteiger partial charge in [-0.25, -0.2) is 4.39 Å². The van der Waals surface area contributed by atoms with E-state index in [1.54, 1.807) is 6.07 Å². The first-order valence-corrected chi connectivity index (χ1v) is 4.92. The van der Waals surface area contributed by atoms with E-state index >= 15 is 0 Å². The van der Waals surface area contributed by atoms with Gasteiger partial charge < -0.3 is 0 Å². The van der Waals surface area contributed by atoms with E-state index < -0.39 is 5.82 Å². The van der Waals surface area contributed by atoms with Gasteiger partial charge in [-0.05, 0) is 36.5 Å². The van der Waals surface area contributed by atoms with Crippen LogP contribution in [0.25, 0.3) is 0 Å². The molecule has 74 valence electrons. The largest absolute Gasteiger partial charge is 0.206 e. The Kier molecular flexibility index (Phi) is 3.64. The zero-order valence-electron chi connectivity index (χ0n) is 8.55. The number of nitriles is 1. The van der Waals surface area contributed by atoms with Gasteiger partial charge >= 0.3 is 0 Å². The van der Waals surface area contributed by atoms with Crippen LogP contribution in [0.1, 0.15) is 43.7 Å². The van der Waals surface area contributed by atoms with Gasteiger partial charge in [0.15, 0.2) is 0 Å². The van der Waals surface area contributed by atoms with Crippen molar-refractivity contribution in [2.24, 2.45) is 0 Å². The third-order valence-corrected chi connectivity index (χ3v) is 2.57. The molecule has 0 spiro atoms. The van der Waals surface area contributed by atoms with Gasteiger partial charge in [0.25, 0.3) is 0 Å². The normalized spacial score (nSPS) is 10.2. The number of benzene rings is 1. The Hall–Kier alpha value is -1.36. The second-order valence-electron chi connectivity index (χ2n) is 3.36. The highest BCUT2D eigenvalue weighted by molar-refractivity contribution is 5.34. The first kappa shape index (κ1) is 10.7. The quantitative estimate of drug-likeness (QED) is 0.716. The van der Waals surface area contributed by atoms with Crippen LogP contribution in [0.2, 0.25) is 0 Å². The summed E-state index contributed by atoms with van der Waals surface area (Å²) in [5.41, 5.74) is 1.12. The minimum absolute atomic E-state index is 0.125. The van der Waals surface area contributed by atoms with Crippen LogP contribution in [0.4, 0.5) is 4.39 Å². The van der Waals surface area contributed by atoms with Gasteiger partial charge in [-0.15, -0.1) is 0 Å². The van der Waals surface area contributed by atoms with Gasteiger partial charge in [-0.1, -0.05) is 19.9 Å². The van der Waals surface area contributed by atoms with E-state index in [1.165, 1.54) is 6.07 Å². The van der Waals surface area contributed by atoms with Crippen molar-refractivity contribution in [3.8, 4) is 6.07 Å². The summed E-state index contributed by atoms with van der Waals surface area (Å²) >= 11 is 0. The van der Waals surface area contributed by atoms with Crippen molar-refractivity contribution in [1.82, 2.24) is 0 Å². The fourth-order valence-electron chi connectivity index (χ4n) is 1.64. The number of hydrogen-bond acceptors (Lipinski definition) is 1. The Morgan fingerprint density at radius 2 is 2.00 bits per heavy atom. The van der Waals surface area contributed by atoms with E-state index in [4.69, 9.17) is 5.26 Å². The summed E-state index contributed by atoms with van der Waals surface area (Å²) in [6.07, 6.45) is 2.00. The van der Waals surface area contributed by atoms with Crippen molar-refractivity contribution in [1.29, 1.82) is 5.26 Å². The molecule has 0 heterocycles. The van der Waals surface area contributed by atoms with Crippen molar-refractivity contribution in [2.75, 3.05) is 0 Å². The lowest BCUT2D eigenvalue weighted by Crippen LogP contribution is -1.97. The van der Waals surface area contributed by atoms with E-state index in [1.807, 2.05) is 12.1 Å². The summed E-state index contributed by atoms with van der Waals surface area (Å²) in [4.78, 5) is 0. The van der Waals surface area contributed by atoms with Crippen LogP contribution >= 0.6 is 0 Å². The van der Waals surface area contributed by atoms with E-state index in [0.717, 1.165) is 18.4 Å². The molecule has 0 aliphatic heterocycles. The monoisotopic (exact) mass is 191 g/mol. The first-order chi connectivity index (χ1) is 6.72. The lowest BCUT2D eigenvalue weighted by Gasteiger charge is -2.12. The zero-order valence-corrected chi connectivity index (χ0v) is 8.55. The Balaban J connectivity index is 3.02. The van der Waals surface area contributed by atoms with Crippen LogP contribution in [0, 0.1) is 17.1 Å². The second-order valence-corrected chi connectivity index (χ2v) is 3.36. The molecule has 0 aromatic heterocycles. The Labute approximate surface area is 84.2 Å². The molecule has 0 amide bonds. The summed E-state index contributed by atoms with van der Waals surface area (Å²) in [6.45, 7) is 4.18.